The molecule has 1 aliphatic heterocycles. The average Bonchev–Trinajstić information content (AvgIpc) is 2.91. The highest BCUT2D eigenvalue weighted by Gasteiger charge is 2.15. The summed E-state index contributed by atoms with van der Waals surface area (Å²) in [6, 6.07) is 8.50. The van der Waals surface area contributed by atoms with Crippen LogP contribution in [0.3, 0.4) is 0 Å². The van der Waals surface area contributed by atoms with Crippen LogP contribution >= 0.6 is 0 Å². The van der Waals surface area contributed by atoms with Crippen molar-refractivity contribution >= 4 is 16.6 Å². The molecule has 0 radical (unpaired) electrons. The second-order valence-corrected chi connectivity index (χ2v) is 4.58. The van der Waals surface area contributed by atoms with E-state index < -0.39 is 0 Å². The van der Waals surface area contributed by atoms with E-state index in [4.69, 9.17) is 4.74 Å². The third-order valence-electron chi connectivity index (χ3n) is 3.37. The number of hydrogen-bond acceptors (Lipinski definition) is 4. The molecule has 1 fully saturated rings. The second kappa shape index (κ2) is 4.82. The topological polar surface area (TPSA) is 46.2 Å². The van der Waals surface area contributed by atoms with E-state index in [1.54, 1.807) is 7.11 Å². The molecule has 1 atom stereocenters. The number of fused-ring (bicyclic) bond motifs is 1. The van der Waals surface area contributed by atoms with E-state index in [9.17, 15) is 0 Å². The first kappa shape index (κ1) is 11.3. The van der Waals surface area contributed by atoms with Gasteiger partial charge in [-0.05, 0) is 37.2 Å². The van der Waals surface area contributed by atoms with Gasteiger partial charge in [-0.2, -0.15) is 0 Å². The second-order valence-electron chi connectivity index (χ2n) is 4.58. The maximum atomic E-state index is 5.28. The summed E-state index contributed by atoms with van der Waals surface area (Å²) >= 11 is 0. The molecular weight excluding hydrogens is 226 g/mol. The number of nitrogens with one attached hydrogen (secondary N) is 2. The number of hydrogen-bond donors (Lipinski definition) is 2. The lowest BCUT2D eigenvalue weighted by atomic mass is 10.1. The van der Waals surface area contributed by atoms with Crippen LogP contribution in [0.25, 0.3) is 10.9 Å². The van der Waals surface area contributed by atoms with Crippen LogP contribution in [0.1, 0.15) is 6.42 Å². The standard InChI is InChI=1S/C14H17N3O/c1-18-11-2-3-13-12(8-11)14(5-7-16-13)17-10-4-6-15-9-10/h2-3,5,7-8,10,15H,4,6,9H2,1H3,(H,16,17)/t10-/m1/s1. The molecule has 18 heavy (non-hydrogen) atoms. The molecular formula is C14H17N3O. The third kappa shape index (κ3) is 2.11. The Kier molecular flexibility index (Phi) is 3.02. The van der Waals surface area contributed by atoms with E-state index in [0.29, 0.717) is 6.04 Å². The maximum Gasteiger partial charge on any atom is 0.119 e. The molecule has 1 aromatic carbocycles. The molecule has 3 rings (SSSR count). The third-order valence-corrected chi connectivity index (χ3v) is 3.37. The van der Waals surface area contributed by atoms with Crippen molar-refractivity contribution in [1.82, 2.24) is 10.3 Å². The molecule has 0 amide bonds. The van der Waals surface area contributed by atoms with Gasteiger partial charge in [0.15, 0.2) is 0 Å². The molecule has 94 valence electrons. The SMILES string of the molecule is COc1ccc2nccc(N[C@@H]3CCNC3)c2c1. The molecule has 2 heterocycles. The first-order chi connectivity index (χ1) is 8.86. The van der Waals surface area contributed by atoms with Gasteiger partial charge in [0.25, 0.3) is 0 Å². The van der Waals surface area contributed by atoms with E-state index in [0.717, 1.165) is 41.9 Å². The Balaban J connectivity index is 1.98. The number of pyridine rings is 1. The molecule has 0 spiro atoms. The molecule has 0 aliphatic carbocycles. The molecule has 2 N–H and O–H groups in total. The van der Waals surface area contributed by atoms with Crippen LogP contribution in [0, 0.1) is 0 Å². The molecule has 0 bridgehead atoms. The van der Waals surface area contributed by atoms with Crippen LogP contribution in [0.4, 0.5) is 5.69 Å². The molecule has 0 saturated carbocycles. The van der Waals surface area contributed by atoms with Gasteiger partial charge in [0.1, 0.15) is 5.75 Å². The summed E-state index contributed by atoms with van der Waals surface area (Å²) in [5.74, 6) is 0.864. The minimum Gasteiger partial charge on any atom is -0.497 e. The summed E-state index contributed by atoms with van der Waals surface area (Å²) in [7, 11) is 1.69. The number of ether oxygens (including phenoxy) is 1. The van der Waals surface area contributed by atoms with Crippen molar-refractivity contribution in [1.29, 1.82) is 0 Å². The van der Waals surface area contributed by atoms with Crippen molar-refractivity contribution < 1.29 is 4.74 Å². The van der Waals surface area contributed by atoms with E-state index >= 15 is 0 Å². The zero-order valence-electron chi connectivity index (χ0n) is 10.4. The number of nitrogens with zero attached hydrogens (tertiary/aromatic N) is 1. The lowest BCUT2D eigenvalue weighted by Gasteiger charge is -2.15. The first-order valence-corrected chi connectivity index (χ1v) is 6.27. The minimum atomic E-state index is 0.502. The molecule has 1 saturated heterocycles. The van der Waals surface area contributed by atoms with Crippen molar-refractivity contribution in [2.24, 2.45) is 0 Å². The van der Waals surface area contributed by atoms with Crippen LogP contribution in [0.15, 0.2) is 30.5 Å². The summed E-state index contributed by atoms with van der Waals surface area (Å²) in [6.45, 7) is 2.11. The van der Waals surface area contributed by atoms with Crippen LogP contribution in [0.5, 0.6) is 5.75 Å². The van der Waals surface area contributed by atoms with E-state index in [1.165, 1.54) is 0 Å². The maximum absolute atomic E-state index is 5.28. The Hall–Kier alpha value is -1.81. The van der Waals surface area contributed by atoms with Crippen LogP contribution in [-0.4, -0.2) is 31.2 Å². The summed E-state index contributed by atoms with van der Waals surface area (Å²) in [6.07, 6.45) is 3.01. The monoisotopic (exact) mass is 243 g/mol. The van der Waals surface area contributed by atoms with Crippen LogP contribution < -0.4 is 15.4 Å². The van der Waals surface area contributed by atoms with Crippen LogP contribution in [-0.2, 0) is 0 Å². The van der Waals surface area contributed by atoms with E-state index in [2.05, 4.69) is 15.6 Å². The number of benzene rings is 1. The largest absolute Gasteiger partial charge is 0.497 e. The molecule has 4 nitrogen and oxygen atoms in total. The van der Waals surface area contributed by atoms with Crippen molar-refractivity contribution in [3.63, 3.8) is 0 Å². The van der Waals surface area contributed by atoms with Crippen molar-refractivity contribution in [3.8, 4) is 5.75 Å². The Morgan fingerprint density at radius 2 is 2.33 bits per heavy atom. The van der Waals surface area contributed by atoms with Gasteiger partial charge < -0.3 is 15.4 Å². The van der Waals surface area contributed by atoms with Gasteiger partial charge in [-0.1, -0.05) is 0 Å². The highest BCUT2D eigenvalue weighted by atomic mass is 16.5. The highest BCUT2D eigenvalue weighted by molar-refractivity contribution is 5.92. The Bertz CT molecular complexity index is 550. The molecule has 0 unspecified atom stereocenters. The van der Waals surface area contributed by atoms with Crippen LogP contribution in [0.2, 0.25) is 0 Å². The summed E-state index contributed by atoms with van der Waals surface area (Å²) in [5, 5.41) is 8.05. The first-order valence-electron chi connectivity index (χ1n) is 6.27. The lowest BCUT2D eigenvalue weighted by molar-refractivity contribution is 0.415. The average molecular weight is 243 g/mol. The Morgan fingerprint density at radius 1 is 1.39 bits per heavy atom. The van der Waals surface area contributed by atoms with Crippen molar-refractivity contribution in [3.05, 3.63) is 30.5 Å². The minimum absolute atomic E-state index is 0.502. The van der Waals surface area contributed by atoms with E-state index in [-0.39, 0.29) is 0 Å². The summed E-state index contributed by atoms with van der Waals surface area (Å²) < 4.78 is 5.28. The number of anilines is 1. The van der Waals surface area contributed by atoms with Gasteiger partial charge in [0.05, 0.1) is 12.6 Å². The zero-order chi connectivity index (χ0) is 12.4. The quantitative estimate of drug-likeness (QED) is 0.865. The highest BCUT2D eigenvalue weighted by Crippen LogP contribution is 2.26. The molecule has 4 heteroatoms. The predicted octanol–water partition coefficient (Wildman–Crippen LogP) is 2.02. The van der Waals surface area contributed by atoms with Gasteiger partial charge in [0.2, 0.25) is 0 Å². The summed E-state index contributed by atoms with van der Waals surface area (Å²) in [5.41, 5.74) is 2.12. The predicted molar refractivity (Wildman–Crippen MR) is 73.2 cm³/mol. The number of aromatic nitrogens is 1. The number of methoxy groups -OCH3 is 1. The summed E-state index contributed by atoms with van der Waals surface area (Å²) in [4.78, 5) is 4.38. The fourth-order valence-corrected chi connectivity index (χ4v) is 2.38. The zero-order valence-corrected chi connectivity index (χ0v) is 10.4. The van der Waals surface area contributed by atoms with Gasteiger partial charge >= 0.3 is 0 Å². The van der Waals surface area contributed by atoms with E-state index in [1.807, 2.05) is 30.5 Å². The molecule has 1 aliphatic rings. The Morgan fingerprint density at radius 3 is 3.11 bits per heavy atom. The van der Waals surface area contributed by atoms with Crippen molar-refractivity contribution in [2.75, 3.05) is 25.5 Å². The van der Waals surface area contributed by atoms with Gasteiger partial charge in [-0.15, -0.1) is 0 Å². The number of rotatable bonds is 3. The Labute approximate surface area is 106 Å². The lowest BCUT2D eigenvalue weighted by Crippen LogP contribution is -2.22. The smallest absolute Gasteiger partial charge is 0.119 e. The normalized spacial score (nSPS) is 19.1. The van der Waals surface area contributed by atoms with Gasteiger partial charge in [0, 0.05) is 29.9 Å². The molecule has 2 aromatic rings. The fourth-order valence-electron chi connectivity index (χ4n) is 2.38. The van der Waals surface area contributed by atoms with Gasteiger partial charge in [-0.25, -0.2) is 0 Å². The van der Waals surface area contributed by atoms with Gasteiger partial charge in [-0.3, -0.25) is 4.98 Å². The molecule has 1 aromatic heterocycles. The fraction of sp³-hybridized carbons (Fsp3) is 0.357. The van der Waals surface area contributed by atoms with Crippen molar-refractivity contribution in [2.45, 2.75) is 12.5 Å².